The molecule has 2 saturated heterocycles. The molecule has 1 aromatic carbocycles. The van der Waals surface area contributed by atoms with Crippen LogP contribution in [0.15, 0.2) is 54.0 Å². The fourth-order valence-electron chi connectivity index (χ4n) is 5.79. The highest BCUT2D eigenvalue weighted by molar-refractivity contribution is 5.77. The van der Waals surface area contributed by atoms with E-state index in [2.05, 4.69) is 18.7 Å². The zero-order chi connectivity index (χ0) is 27.4. The second-order valence-corrected chi connectivity index (χ2v) is 10.9. The molecule has 0 bridgehead atoms. The summed E-state index contributed by atoms with van der Waals surface area (Å²) in [5, 5.41) is 0. The lowest BCUT2D eigenvalue weighted by molar-refractivity contribution is -0.140. The largest absolute Gasteiger partial charge is 0.455 e. The van der Waals surface area contributed by atoms with Gasteiger partial charge in [0.2, 0.25) is 17.6 Å². The van der Waals surface area contributed by atoms with Gasteiger partial charge in [-0.1, -0.05) is 44.2 Å². The number of rotatable bonds is 6. The molecular weight excluding hydrogens is 495 g/mol. The van der Waals surface area contributed by atoms with Gasteiger partial charge in [-0.05, 0) is 48.8 Å². The van der Waals surface area contributed by atoms with Gasteiger partial charge in [0.1, 0.15) is 5.76 Å². The van der Waals surface area contributed by atoms with E-state index < -0.39 is 18.0 Å². The first-order valence-corrected chi connectivity index (χ1v) is 13.5. The minimum absolute atomic E-state index is 0.0680. The fraction of sp³-hybridized carbons (Fsp3) is 0.586. The molecule has 1 aromatic rings. The summed E-state index contributed by atoms with van der Waals surface area (Å²) in [7, 11) is 0. The number of benzene rings is 1. The summed E-state index contributed by atoms with van der Waals surface area (Å²) in [4.78, 5) is 31.1. The third-order valence-corrected chi connectivity index (χ3v) is 7.94. The molecule has 2 atom stereocenters. The maximum Gasteiger partial charge on any atom is 0.449 e. The van der Waals surface area contributed by atoms with Crippen molar-refractivity contribution in [2.75, 3.05) is 32.7 Å². The lowest BCUT2D eigenvalue weighted by Gasteiger charge is -2.47. The van der Waals surface area contributed by atoms with Crippen molar-refractivity contribution < 1.29 is 27.5 Å². The van der Waals surface area contributed by atoms with Crippen LogP contribution in [0.3, 0.4) is 0 Å². The Labute approximate surface area is 223 Å². The Balaban J connectivity index is 1.49. The molecule has 0 saturated carbocycles. The van der Waals surface area contributed by atoms with E-state index in [1.165, 1.54) is 0 Å². The van der Waals surface area contributed by atoms with Crippen LogP contribution in [-0.2, 0) is 14.3 Å². The summed E-state index contributed by atoms with van der Waals surface area (Å²) in [6, 6.07) is 8.92. The first kappa shape index (κ1) is 28.2. The van der Waals surface area contributed by atoms with Crippen molar-refractivity contribution in [1.82, 2.24) is 14.7 Å². The molecule has 2 unspecified atom stereocenters. The predicted octanol–water partition coefficient (Wildman–Crippen LogP) is 5.30. The van der Waals surface area contributed by atoms with E-state index in [4.69, 9.17) is 4.74 Å². The molecule has 6 nitrogen and oxygen atoms in total. The van der Waals surface area contributed by atoms with E-state index >= 15 is 0 Å². The van der Waals surface area contributed by atoms with E-state index in [-0.39, 0.29) is 41.9 Å². The summed E-state index contributed by atoms with van der Waals surface area (Å²) in [6.45, 7) is 8.70. The Bertz CT molecular complexity index is 1050. The summed E-state index contributed by atoms with van der Waals surface area (Å²) < 4.78 is 45.9. The molecule has 0 aromatic heterocycles. The quantitative estimate of drug-likeness (QED) is 0.498. The van der Waals surface area contributed by atoms with Gasteiger partial charge in [0.25, 0.3) is 0 Å². The summed E-state index contributed by atoms with van der Waals surface area (Å²) >= 11 is 0. The number of nitrogens with zero attached hydrogens (tertiary/aromatic N) is 3. The third kappa shape index (κ3) is 6.60. The molecule has 4 rings (SSSR count). The number of hydrogen-bond donors (Lipinski definition) is 0. The van der Waals surface area contributed by atoms with Crippen LogP contribution in [0.2, 0.25) is 0 Å². The highest BCUT2D eigenvalue weighted by atomic mass is 19.4. The summed E-state index contributed by atoms with van der Waals surface area (Å²) in [5.41, 5.74) is 0.863. The van der Waals surface area contributed by atoms with Crippen LogP contribution in [0.5, 0.6) is 0 Å². The number of piperazine rings is 1. The van der Waals surface area contributed by atoms with Crippen molar-refractivity contribution in [3.8, 4) is 0 Å². The Morgan fingerprint density at radius 2 is 1.71 bits per heavy atom. The van der Waals surface area contributed by atoms with Crippen molar-refractivity contribution in [3.63, 3.8) is 0 Å². The van der Waals surface area contributed by atoms with Gasteiger partial charge in [0, 0.05) is 52.1 Å². The van der Waals surface area contributed by atoms with Crippen LogP contribution in [-0.4, -0.2) is 71.5 Å². The molecule has 0 spiro atoms. The lowest BCUT2D eigenvalue weighted by Crippen LogP contribution is -2.58. The SMILES string of the molecule is CC(=O)N1CCC(CC(=O)N2CCN(C(C3=CCC=C(C(F)(F)F)O3)c3ccccc3)CC2C(C)C)CC1. The molecule has 3 heterocycles. The van der Waals surface area contributed by atoms with E-state index in [9.17, 15) is 22.8 Å². The zero-order valence-corrected chi connectivity index (χ0v) is 22.4. The lowest BCUT2D eigenvalue weighted by atomic mass is 9.91. The summed E-state index contributed by atoms with van der Waals surface area (Å²) in [5.74, 6) is -0.0598. The smallest absolute Gasteiger partial charge is 0.449 e. The molecular formula is C29H38F3N3O3. The Morgan fingerprint density at radius 3 is 2.32 bits per heavy atom. The number of piperidine rings is 1. The third-order valence-electron chi connectivity index (χ3n) is 7.94. The van der Waals surface area contributed by atoms with Crippen molar-refractivity contribution in [2.45, 2.75) is 64.7 Å². The number of carbonyl (C=O) groups excluding carboxylic acids is 2. The molecule has 208 valence electrons. The van der Waals surface area contributed by atoms with Gasteiger partial charge in [-0.3, -0.25) is 14.5 Å². The van der Waals surface area contributed by atoms with E-state index in [1.807, 2.05) is 40.1 Å². The van der Waals surface area contributed by atoms with Gasteiger partial charge in [-0.25, -0.2) is 0 Å². The summed E-state index contributed by atoms with van der Waals surface area (Å²) in [6.07, 6.45) is 0.519. The molecule has 3 aliphatic heterocycles. The van der Waals surface area contributed by atoms with Crippen molar-refractivity contribution >= 4 is 11.8 Å². The molecule has 0 N–H and O–H groups in total. The minimum atomic E-state index is -4.55. The molecule has 2 amide bonds. The number of allylic oxidation sites excluding steroid dienone is 3. The van der Waals surface area contributed by atoms with Gasteiger partial charge >= 0.3 is 6.18 Å². The fourth-order valence-corrected chi connectivity index (χ4v) is 5.79. The van der Waals surface area contributed by atoms with Crippen LogP contribution in [0.4, 0.5) is 13.2 Å². The Morgan fingerprint density at radius 1 is 1.03 bits per heavy atom. The highest BCUT2D eigenvalue weighted by Crippen LogP contribution is 2.39. The maximum absolute atomic E-state index is 13.5. The maximum atomic E-state index is 13.5. The van der Waals surface area contributed by atoms with Crippen LogP contribution < -0.4 is 0 Å². The normalized spacial score (nSPS) is 22.6. The van der Waals surface area contributed by atoms with E-state index in [0.29, 0.717) is 39.1 Å². The van der Waals surface area contributed by atoms with Crippen molar-refractivity contribution in [2.24, 2.45) is 11.8 Å². The van der Waals surface area contributed by atoms with Crippen molar-refractivity contribution in [1.29, 1.82) is 0 Å². The average molecular weight is 534 g/mol. The Kier molecular flexibility index (Phi) is 8.85. The average Bonchev–Trinajstić information content (AvgIpc) is 2.89. The molecule has 3 aliphatic rings. The number of likely N-dealkylation sites (tertiary alicyclic amines) is 1. The first-order chi connectivity index (χ1) is 18.0. The standard InChI is InChI=1S/C29H38F3N3O3/c1-20(2)24-19-34(16-17-35(24)27(37)18-22-12-14-33(15-13-22)21(3)36)28(23-8-5-4-6-9-23)25-10-7-11-26(38-25)29(30,31)32/h4-6,8-11,20,22,24,28H,7,12-19H2,1-3H3. The van der Waals surface area contributed by atoms with Crippen LogP contribution in [0, 0.1) is 11.8 Å². The van der Waals surface area contributed by atoms with Gasteiger partial charge in [-0.15, -0.1) is 0 Å². The first-order valence-electron chi connectivity index (χ1n) is 13.5. The van der Waals surface area contributed by atoms with Gasteiger partial charge in [0.05, 0.1) is 6.04 Å². The molecule has 0 aliphatic carbocycles. The topological polar surface area (TPSA) is 53.1 Å². The molecule has 9 heteroatoms. The van der Waals surface area contributed by atoms with E-state index in [0.717, 1.165) is 24.5 Å². The van der Waals surface area contributed by atoms with Crippen LogP contribution in [0.25, 0.3) is 0 Å². The van der Waals surface area contributed by atoms with Gasteiger partial charge < -0.3 is 14.5 Å². The Hall–Kier alpha value is -2.81. The van der Waals surface area contributed by atoms with Gasteiger partial charge in [-0.2, -0.15) is 13.2 Å². The van der Waals surface area contributed by atoms with Crippen LogP contribution >= 0.6 is 0 Å². The molecule has 2 fully saturated rings. The number of alkyl halides is 3. The molecule has 0 radical (unpaired) electrons. The second kappa shape index (κ2) is 11.9. The van der Waals surface area contributed by atoms with Crippen molar-refractivity contribution in [3.05, 3.63) is 59.6 Å². The minimum Gasteiger partial charge on any atom is -0.455 e. The molecule has 38 heavy (non-hydrogen) atoms. The highest BCUT2D eigenvalue weighted by Gasteiger charge is 2.42. The number of ether oxygens (including phenoxy) is 1. The zero-order valence-electron chi connectivity index (χ0n) is 22.4. The second-order valence-electron chi connectivity index (χ2n) is 10.9. The number of halogens is 3. The monoisotopic (exact) mass is 533 g/mol. The number of hydrogen-bond acceptors (Lipinski definition) is 4. The number of carbonyl (C=O) groups is 2. The van der Waals surface area contributed by atoms with Gasteiger partial charge in [0.15, 0.2) is 0 Å². The van der Waals surface area contributed by atoms with Crippen LogP contribution in [0.1, 0.15) is 58.1 Å². The van der Waals surface area contributed by atoms with E-state index in [1.54, 1.807) is 13.0 Å². The number of amides is 2. The predicted molar refractivity (Wildman–Crippen MR) is 139 cm³/mol.